The Morgan fingerprint density at radius 2 is 2.05 bits per heavy atom. The molecule has 0 radical (unpaired) electrons. The number of nitrogens with one attached hydrogen (secondary N) is 1. The van der Waals surface area contributed by atoms with Crippen LogP contribution in [0.2, 0.25) is 0 Å². The van der Waals surface area contributed by atoms with Crippen LogP contribution >= 0.6 is 0 Å². The molecule has 0 aromatic heterocycles. The molecule has 1 saturated heterocycles. The maximum Gasteiger partial charge on any atom is 0.119 e. The molecule has 1 aliphatic rings. The second-order valence-electron chi connectivity index (χ2n) is 5.41. The maximum absolute atomic E-state index is 5.18. The summed E-state index contributed by atoms with van der Waals surface area (Å²) in [5, 5.41) is 3.61. The van der Waals surface area contributed by atoms with Crippen molar-refractivity contribution in [2.75, 3.05) is 32.1 Å². The summed E-state index contributed by atoms with van der Waals surface area (Å²) in [4.78, 5) is 2.32. The van der Waals surface area contributed by atoms with Crippen LogP contribution in [0, 0.1) is 0 Å². The highest BCUT2D eigenvalue weighted by Crippen LogP contribution is 2.19. The molecule has 0 amide bonds. The molecule has 1 aromatic rings. The van der Waals surface area contributed by atoms with Crippen LogP contribution in [0.3, 0.4) is 0 Å². The van der Waals surface area contributed by atoms with E-state index in [2.05, 4.69) is 29.4 Å². The lowest BCUT2D eigenvalue weighted by Gasteiger charge is -2.25. The molecule has 1 aromatic carbocycles. The average molecular weight is 262 g/mol. The van der Waals surface area contributed by atoms with Crippen molar-refractivity contribution < 1.29 is 4.74 Å². The van der Waals surface area contributed by atoms with Crippen molar-refractivity contribution in [3.8, 4) is 5.75 Å². The van der Waals surface area contributed by atoms with Crippen LogP contribution in [0.1, 0.15) is 32.1 Å². The molecule has 1 aliphatic heterocycles. The fourth-order valence-electron chi connectivity index (χ4n) is 2.71. The van der Waals surface area contributed by atoms with Crippen LogP contribution in [-0.4, -0.2) is 33.3 Å². The van der Waals surface area contributed by atoms with E-state index in [0.29, 0.717) is 0 Å². The maximum atomic E-state index is 5.18. The smallest absolute Gasteiger partial charge is 0.119 e. The van der Waals surface area contributed by atoms with Gasteiger partial charge in [0.05, 0.1) is 7.11 Å². The van der Waals surface area contributed by atoms with Crippen LogP contribution in [0.15, 0.2) is 24.3 Å². The second kappa shape index (κ2) is 7.39. The quantitative estimate of drug-likeness (QED) is 0.853. The van der Waals surface area contributed by atoms with Crippen LogP contribution in [0.4, 0.5) is 5.69 Å². The van der Waals surface area contributed by atoms with Crippen molar-refractivity contribution in [1.29, 1.82) is 0 Å². The van der Waals surface area contributed by atoms with E-state index in [1.165, 1.54) is 44.3 Å². The Morgan fingerprint density at radius 1 is 1.26 bits per heavy atom. The van der Waals surface area contributed by atoms with Gasteiger partial charge in [0, 0.05) is 25.3 Å². The zero-order valence-electron chi connectivity index (χ0n) is 12.2. The van der Waals surface area contributed by atoms with Crippen molar-refractivity contribution in [2.24, 2.45) is 0 Å². The lowest BCUT2D eigenvalue weighted by atomic mass is 10.0. The average Bonchev–Trinajstić information content (AvgIpc) is 2.48. The number of ether oxygens (including phenoxy) is 1. The van der Waals surface area contributed by atoms with Gasteiger partial charge in [0.15, 0.2) is 0 Å². The number of methoxy groups -OCH3 is 1. The highest BCUT2D eigenvalue weighted by atomic mass is 16.5. The van der Waals surface area contributed by atoms with Crippen molar-refractivity contribution in [2.45, 2.75) is 38.1 Å². The molecule has 1 unspecified atom stereocenters. The van der Waals surface area contributed by atoms with E-state index in [4.69, 9.17) is 4.74 Å². The fourth-order valence-corrected chi connectivity index (χ4v) is 2.71. The van der Waals surface area contributed by atoms with Crippen LogP contribution in [0.5, 0.6) is 5.75 Å². The van der Waals surface area contributed by atoms with E-state index < -0.39 is 0 Å². The second-order valence-corrected chi connectivity index (χ2v) is 5.41. The SMILES string of the molecule is COc1ccc(N(C)CCCC2CCCCN2)cc1. The van der Waals surface area contributed by atoms with Gasteiger partial charge in [-0.25, -0.2) is 0 Å². The van der Waals surface area contributed by atoms with Crippen molar-refractivity contribution in [3.05, 3.63) is 24.3 Å². The minimum absolute atomic E-state index is 0.748. The monoisotopic (exact) mass is 262 g/mol. The van der Waals surface area contributed by atoms with E-state index in [9.17, 15) is 0 Å². The number of anilines is 1. The Labute approximate surface area is 116 Å². The molecule has 106 valence electrons. The molecule has 1 atom stereocenters. The van der Waals surface area contributed by atoms with Crippen molar-refractivity contribution >= 4 is 5.69 Å². The Kier molecular flexibility index (Phi) is 5.52. The molecule has 3 nitrogen and oxygen atoms in total. The Balaban J connectivity index is 1.72. The van der Waals surface area contributed by atoms with Gasteiger partial charge in [0.2, 0.25) is 0 Å². The van der Waals surface area contributed by atoms with Crippen molar-refractivity contribution in [3.63, 3.8) is 0 Å². The van der Waals surface area contributed by atoms with Gasteiger partial charge in [-0.05, 0) is 56.5 Å². The van der Waals surface area contributed by atoms with Crippen molar-refractivity contribution in [1.82, 2.24) is 5.32 Å². The van der Waals surface area contributed by atoms with Gasteiger partial charge in [0.1, 0.15) is 5.75 Å². The zero-order chi connectivity index (χ0) is 13.5. The van der Waals surface area contributed by atoms with Crippen LogP contribution in [0.25, 0.3) is 0 Å². The Morgan fingerprint density at radius 3 is 2.68 bits per heavy atom. The minimum Gasteiger partial charge on any atom is -0.497 e. The number of piperidine rings is 1. The van der Waals surface area contributed by atoms with Gasteiger partial charge in [-0.15, -0.1) is 0 Å². The molecule has 0 bridgehead atoms. The summed E-state index contributed by atoms with van der Waals surface area (Å²) in [6.45, 7) is 2.32. The lowest BCUT2D eigenvalue weighted by Crippen LogP contribution is -2.34. The molecule has 1 fully saturated rings. The first-order chi connectivity index (χ1) is 9.29. The van der Waals surface area contributed by atoms with E-state index >= 15 is 0 Å². The fraction of sp³-hybridized carbons (Fsp3) is 0.625. The predicted octanol–water partition coefficient (Wildman–Crippen LogP) is 3.05. The van der Waals surface area contributed by atoms with Gasteiger partial charge in [-0.2, -0.15) is 0 Å². The molecule has 19 heavy (non-hydrogen) atoms. The Hall–Kier alpha value is -1.22. The van der Waals surface area contributed by atoms with Gasteiger partial charge < -0.3 is 15.0 Å². The number of nitrogens with zero attached hydrogens (tertiary/aromatic N) is 1. The first kappa shape index (κ1) is 14.2. The van der Waals surface area contributed by atoms with E-state index in [1.54, 1.807) is 7.11 Å². The third-order valence-electron chi connectivity index (χ3n) is 3.97. The van der Waals surface area contributed by atoms with Gasteiger partial charge in [-0.3, -0.25) is 0 Å². The summed E-state index contributed by atoms with van der Waals surface area (Å²) in [5.74, 6) is 0.920. The van der Waals surface area contributed by atoms with E-state index in [0.717, 1.165) is 18.3 Å². The summed E-state index contributed by atoms with van der Waals surface area (Å²) in [6, 6.07) is 9.04. The molecular formula is C16H26N2O. The molecule has 1 N–H and O–H groups in total. The lowest BCUT2D eigenvalue weighted by molar-refractivity contribution is 0.376. The van der Waals surface area contributed by atoms with Crippen LogP contribution in [-0.2, 0) is 0 Å². The highest BCUT2D eigenvalue weighted by Gasteiger charge is 2.12. The Bertz CT molecular complexity index is 358. The molecule has 0 saturated carbocycles. The summed E-state index contributed by atoms with van der Waals surface area (Å²) in [6.07, 6.45) is 6.64. The first-order valence-electron chi connectivity index (χ1n) is 7.38. The first-order valence-corrected chi connectivity index (χ1v) is 7.38. The summed E-state index contributed by atoms with van der Waals surface area (Å²) in [7, 11) is 3.87. The molecule has 0 spiro atoms. The third kappa shape index (κ3) is 4.43. The van der Waals surface area contributed by atoms with Gasteiger partial charge in [0.25, 0.3) is 0 Å². The van der Waals surface area contributed by atoms with E-state index in [1.807, 2.05) is 12.1 Å². The topological polar surface area (TPSA) is 24.5 Å². The van der Waals surface area contributed by atoms with Crippen LogP contribution < -0.4 is 15.0 Å². The number of hydrogen-bond acceptors (Lipinski definition) is 3. The highest BCUT2D eigenvalue weighted by molar-refractivity contribution is 5.48. The molecular weight excluding hydrogens is 236 g/mol. The zero-order valence-corrected chi connectivity index (χ0v) is 12.2. The van der Waals surface area contributed by atoms with Gasteiger partial charge in [-0.1, -0.05) is 6.42 Å². The number of benzene rings is 1. The number of hydrogen-bond donors (Lipinski definition) is 1. The van der Waals surface area contributed by atoms with E-state index in [-0.39, 0.29) is 0 Å². The number of rotatable bonds is 6. The third-order valence-corrected chi connectivity index (χ3v) is 3.97. The summed E-state index contributed by atoms with van der Waals surface area (Å²) < 4.78 is 5.18. The predicted molar refractivity (Wildman–Crippen MR) is 81.1 cm³/mol. The standard InChI is InChI=1S/C16H26N2O/c1-18(15-8-10-16(19-2)11-9-15)13-5-7-14-6-3-4-12-17-14/h8-11,14,17H,3-7,12-13H2,1-2H3. The summed E-state index contributed by atoms with van der Waals surface area (Å²) >= 11 is 0. The molecule has 3 heteroatoms. The molecule has 2 rings (SSSR count). The largest absolute Gasteiger partial charge is 0.497 e. The minimum atomic E-state index is 0.748. The van der Waals surface area contributed by atoms with Gasteiger partial charge >= 0.3 is 0 Å². The summed E-state index contributed by atoms with van der Waals surface area (Å²) in [5.41, 5.74) is 1.26. The molecule has 1 heterocycles. The normalized spacial score (nSPS) is 19.2. The molecule has 0 aliphatic carbocycles.